The van der Waals surface area contributed by atoms with Gasteiger partial charge in [0.1, 0.15) is 0 Å². The van der Waals surface area contributed by atoms with Crippen LogP contribution >= 0.6 is 0 Å². The molecule has 0 heterocycles. The molecule has 0 atom stereocenters. The van der Waals surface area contributed by atoms with Crippen LogP contribution in [0.5, 0.6) is 0 Å². The quantitative estimate of drug-likeness (QED) is 0.545. The third-order valence-electron chi connectivity index (χ3n) is 5.45. The van der Waals surface area contributed by atoms with E-state index in [1.807, 2.05) is 24.3 Å². The zero-order valence-corrected chi connectivity index (χ0v) is 16.0. The van der Waals surface area contributed by atoms with E-state index < -0.39 is 0 Å². The Bertz CT molecular complexity index is 808. The van der Waals surface area contributed by atoms with E-state index in [1.165, 1.54) is 37.7 Å². The Labute approximate surface area is 159 Å². The SMILES string of the molecule is CCC#Cc1ccc(C#Cc2ccc(C3CCC(CC)CC3)cc2)cc1. The van der Waals surface area contributed by atoms with E-state index in [-0.39, 0.29) is 0 Å². The molecule has 0 N–H and O–H groups in total. The minimum Gasteiger partial charge on any atom is -0.0982 e. The van der Waals surface area contributed by atoms with Gasteiger partial charge in [0.05, 0.1) is 0 Å². The lowest BCUT2D eigenvalue weighted by molar-refractivity contribution is 0.319. The molecule has 0 unspecified atom stereocenters. The predicted molar refractivity (Wildman–Crippen MR) is 111 cm³/mol. The molecule has 0 saturated heterocycles. The van der Waals surface area contributed by atoms with Gasteiger partial charge in [-0.3, -0.25) is 0 Å². The van der Waals surface area contributed by atoms with E-state index in [4.69, 9.17) is 0 Å². The van der Waals surface area contributed by atoms with Crippen LogP contribution in [0.25, 0.3) is 0 Å². The second-order valence-corrected chi connectivity index (χ2v) is 7.23. The highest BCUT2D eigenvalue weighted by molar-refractivity contribution is 5.46. The Hall–Kier alpha value is -2.44. The highest BCUT2D eigenvalue weighted by Gasteiger charge is 2.20. The monoisotopic (exact) mass is 340 g/mol. The molecule has 1 aliphatic carbocycles. The lowest BCUT2D eigenvalue weighted by atomic mass is 9.78. The summed E-state index contributed by atoms with van der Waals surface area (Å²) in [4.78, 5) is 0. The van der Waals surface area contributed by atoms with Gasteiger partial charge in [-0.25, -0.2) is 0 Å². The van der Waals surface area contributed by atoms with Gasteiger partial charge in [0.15, 0.2) is 0 Å². The van der Waals surface area contributed by atoms with Crippen molar-refractivity contribution in [1.82, 2.24) is 0 Å². The average Bonchev–Trinajstić information content (AvgIpc) is 2.72. The van der Waals surface area contributed by atoms with Crippen molar-refractivity contribution >= 4 is 0 Å². The molecule has 0 heteroatoms. The van der Waals surface area contributed by atoms with Gasteiger partial charge >= 0.3 is 0 Å². The molecule has 1 aliphatic rings. The summed E-state index contributed by atoms with van der Waals surface area (Å²) < 4.78 is 0. The molecule has 3 rings (SSSR count). The predicted octanol–water partition coefficient (Wildman–Crippen LogP) is 6.53. The molecule has 2 aromatic rings. The molecule has 0 spiro atoms. The van der Waals surface area contributed by atoms with Crippen LogP contribution < -0.4 is 0 Å². The van der Waals surface area contributed by atoms with Crippen molar-refractivity contribution in [2.45, 2.75) is 58.3 Å². The molecular formula is C26H28. The van der Waals surface area contributed by atoms with Crippen molar-refractivity contribution in [3.05, 3.63) is 70.8 Å². The Balaban J connectivity index is 1.62. The summed E-state index contributed by atoms with van der Waals surface area (Å²) in [5.41, 5.74) is 4.67. The zero-order chi connectivity index (χ0) is 18.2. The third-order valence-corrected chi connectivity index (χ3v) is 5.45. The molecule has 0 nitrogen and oxygen atoms in total. The van der Waals surface area contributed by atoms with Gasteiger partial charge in [-0.2, -0.15) is 0 Å². The second-order valence-electron chi connectivity index (χ2n) is 7.23. The second kappa shape index (κ2) is 9.31. The summed E-state index contributed by atoms with van der Waals surface area (Å²) >= 11 is 0. The van der Waals surface area contributed by atoms with Crippen LogP contribution in [0.2, 0.25) is 0 Å². The fourth-order valence-corrected chi connectivity index (χ4v) is 3.71. The summed E-state index contributed by atoms with van der Waals surface area (Å²) in [6.45, 7) is 4.39. The van der Waals surface area contributed by atoms with Crippen LogP contribution in [-0.2, 0) is 0 Å². The maximum atomic E-state index is 3.28. The molecule has 0 bridgehead atoms. The number of hydrogen-bond donors (Lipinski definition) is 0. The molecule has 132 valence electrons. The lowest BCUT2D eigenvalue weighted by Crippen LogP contribution is -2.12. The molecular weight excluding hydrogens is 312 g/mol. The van der Waals surface area contributed by atoms with Crippen LogP contribution in [0, 0.1) is 29.6 Å². The maximum absolute atomic E-state index is 3.28. The first-order valence-electron chi connectivity index (χ1n) is 9.99. The number of hydrogen-bond acceptors (Lipinski definition) is 0. The van der Waals surface area contributed by atoms with Gasteiger partial charge in [0, 0.05) is 23.1 Å². The molecule has 0 radical (unpaired) electrons. The maximum Gasteiger partial charge on any atom is 0.0249 e. The van der Waals surface area contributed by atoms with Gasteiger partial charge < -0.3 is 0 Å². The van der Waals surface area contributed by atoms with Crippen molar-refractivity contribution in [3.8, 4) is 23.7 Å². The van der Waals surface area contributed by atoms with Crippen LogP contribution in [0.4, 0.5) is 0 Å². The van der Waals surface area contributed by atoms with Crippen molar-refractivity contribution in [2.75, 3.05) is 0 Å². The van der Waals surface area contributed by atoms with Gasteiger partial charge in [-0.1, -0.05) is 56.1 Å². The first-order chi connectivity index (χ1) is 12.8. The van der Waals surface area contributed by atoms with E-state index in [0.29, 0.717) is 0 Å². The standard InChI is InChI=1S/C26H28/c1-3-5-6-22-7-9-23(10-8-22)11-12-24-15-19-26(20-16-24)25-17-13-21(4-2)14-18-25/h7-10,15-16,19-21,25H,3-4,13-14,17-18H2,1-2H3. The summed E-state index contributed by atoms with van der Waals surface area (Å²) in [5.74, 6) is 14.5. The van der Waals surface area contributed by atoms with Gasteiger partial charge in [-0.05, 0) is 79.5 Å². The summed E-state index contributed by atoms with van der Waals surface area (Å²) in [5, 5.41) is 0. The zero-order valence-electron chi connectivity index (χ0n) is 16.0. The van der Waals surface area contributed by atoms with E-state index in [1.54, 1.807) is 0 Å². The molecule has 1 saturated carbocycles. The first kappa shape index (κ1) is 18.4. The number of benzene rings is 2. The fourth-order valence-electron chi connectivity index (χ4n) is 3.71. The first-order valence-corrected chi connectivity index (χ1v) is 9.99. The molecule has 26 heavy (non-hydrogen) atoms. The average molecular weight is 341 g/mol. The topological polar surface area (TPSA) is 0 Å². The van der Waals surface area contributed by atoms with Gasteiger partial charge in [0.2, 0.25) is 0 Å². The Morgan fingerprint density at radius 3 is 1.69 bits per heavy atom. The lowest BCUT2D eigenvalue weighted by Gasteiger charge is -2.28. The molecule has 2 aromatic carbocycles. The van der Waals surface area contributed by atoms with E-state index in [2.05, 4.69) is 61.8 Å². The van der Waals surface area contributed by atoms with Crippen molar-refractivity contribution in [3.63, 3.8) is 0 Å². The van der Waals surface area contributed by atoms with Crippen molar-refractivity contribution in [2.24, 2.45) is 5.92 Å². The Morgan fingerprint density at radius 1 is 0.692 bits per heavy atom. The normalized spacial score (nSPS) is 19.0. The highest BCUT2D eigenvalue weighted by atomic mass is 14.3. The Morgan fingerprint density at radius 2 is 1.19 bits per heavy atom. The number of rotatable bonds is 2. The van der Waals surface area contributed by atoms with Gasteiger partial charge in [-0.15, -0.1) is 0 Å². The Kier molecular flexibility index (Phi) is 6.57. The van der Waals surface area contributed by atoms with Crippen LogP contribution in [0.3, 0.4) is 0 Å². The fraction of sp³-hybridized carbons (Fsp3) is 0.385. The van der Waals surface area contributed by atoms with Crippen molar-refractivity contribution in [1.29, 1.82) is 0 Å². The third kappa shape index (κ3) is 5.03. The largest absolute Gasteiger partial charge is 0.0982 e. The molecule has 1 fully saturated rings. The molecule has 0 aromatic heterocycles. The summed E-state index contributed by atoms with van der Waals surface area (Å²) in [6.07, 6.45) is 7.70. The minimum absolute atomic E-state index is 0.747. The van der Waals surface area contributed by atoms with Crippen LogP contribution in [0.1, 0.15) is 80.5 Å². The minimum atomic E-state index is 0.747. The summed E-state index contributed by atoms with van der Waals surface area (Å²) in [7, 11) is 0. The molecule has 0 amide bonds. The van der Waals surface area contributed by atoms with E-state index in [0.717, 1.165) is 34.9 Å². The van der Waals surface area contributed by atoms with Crippen molar-refractivity contribution < 1.29 is 0 Å². The molecule has 0 aliphatic heterocycles. The van der Waals surface area contributed by atoms with E-state index in [9.17, 15) is 0 Å². The van der Waals surface area contributed by atoms with E-state index >= 15 is 0 Å². The van der Waals surface area contributed by atoms with Crippen LogP contribution in [0.15, 0.2) is 48.5 Å². The van der Waals surface area contributed by atoms with Gasteiger partial charge in [0.25, 0.3) is 0 Å². The van der Waals surface area contributed by atoms with Crippen LogP contribution in [-0.4, -0.2) is 0 Å². The summed E-state index contributed by atoms with van der Waals surface area (Å²) in [6, 6.07) is 17.1. The highest BCUT2D eigenvalue weighted by Crippen LogP contribution is 2.36. The smallest absolute Gasteiger partial charge is 0.0249 e.